The average Bonchev–Trinajstić information content (AvgIpc) is 2.98. The van der Waals surface area contributed by atoms with Crippen LogP contribution in [0.3, 0.4) is 0 Å². The van der Waals surface area contributed by atoms with Gasteiger partial charge >= 0.3 is 0 Å². The summed E-state index contributed by atoms with van der Waals surface area (Å²) in [5, 5.41) is 0. The Labute approximate surface area is 168 Å². The van der Waals surface area contributed by atoms with Crippen molar-refractivity contribution in [3.63, 3.8) is 0 Å². The second kappa shape index (κ2) is 10.9. The molecule has 1 rings (SSSR count). The smallest absolute Gasteiger partial charge is 0.258 e. The molecule has 5 nitrogen and oxygen atoms in total. The minimum atomic E-state index is -0.0844. The molecule has 1 aliphatic rings. The van der Waals surface area contributed by atoms with Gasteiger partial charge in [-0.15, -0.1) is 0 Å². The van der Waals surface area contributed by atoms with Crippen LogP contribution in [-0.2, 0) is 14.3 Å². The van der Waals surface area contributed by atoms with E-state index in [2.05, 4.69) is 18.2 Å². The Morgan fingerprint density at radius 3 is 2.43 bits per heavy atom. The SMILES string of the molecule is C=CC(=C\C(OC)=C(/C)OC)/C(C)=C/C=C1\C(=C)CN(/C(C=NC)=C/C)C1=O. The lowest BCUT2D eigenvalue weighted by atomic mass is 10.0. The zero-order valence-electron chi connectivity index (χ0n) is 17.7. The Hall–Kier alpha value is -3.08. The van der Waals surface area contributed by atoms with E-state index in [1.165, 1.54) is 0 Å². The quantitative estimate of drug-likeness (QED) is 0.269. The number of ether oxygens (including phenoxy) is 2. The van der Waals surface area contributed by atoms with Gasteiger partial charge in [-0.1, -0.05) is 31.4 Å². The number of nitrogens with zero attached hydrogens (tertiary/aromatic N) is 2. The van der Waals surface area contributed by atoms with Gasteiger partial charge in [0.05, 0.1) is 26.5 Å². The third-order valence-electron chi connectivity index (χ3n) is 4.41. The fourth-order valence-electron chi connectivity index (χ4n) is 2.66. The normalized spacial score (nSPS) is 18.9. The largest absolute Gasteiger partial charge is 0.498 e. The van der Waals surface area contributed by atoms with Gasteiger partial charge < -0.3 is 14.4 Å². The topological polar surface area (TPSA) is 51.1 Å². The van der Waals surface area contributed by atoms with Crippen LogP contribution in [0.4, 0.5) is 0 Å². The van der Waals surface area contributed by atoms with Crippen molar-refractivity contribution in [2.24, 2.45) is 4.99 Å². The van der Waals surface area contributed by atoms with E-state index in [1.807, 2.05) is 39.0 Å². The van der Waals surface area contributed by atoms with Crippen LogP contribution in [0.1, 0.15) is 20.8 Å². The molecule has 0 aromatic heterocycles. The van der Waals surface area contributed by atoms with E-state index in [0.717, 1.165) is 22.4 Å². The molecule has 0 aromatic rings. The van der Waals surface area contributed by atoms with E-state index >= 15 is 0 Å². The summed E-state index contributed by atoms with van der Waals surface area (Å²) in [5.74, 6) is 1.19. The molecule has 0 radical (unpaired) electrons. The van der Waals surface area contributed by atoms with Crippen LogP contribution in [0.5, 0.6) is 0 Å². The average molecular weight is 383 g/mol. The lowest BCUT2D eigenvalue weighted by Gasteiger charge is -2.15. The molecule has 0 aromatic carbocycles. The van der Waals surface area contributed by atoms with Crippen molar-refractivity contribution in [3.8, 4) is 0 Å². The highest BCUT2D eigenvalue weighted by atomic mass is 16.5. The Morgan fingerprint density at radius 1 is 1.25 bits per heavy atom. The Kier molecular flexibility index (Phi) is 8.96. The van der Waals surface area contributed by atoms with Crippen molar-refractivity contribution in [2.45, 2.75) is 20.8 Å². The first-order valence-corrected chi connectivity index (χ1v) is 8.94. The van der Waals surface area contributed by atoms with E-state index < -0.39 is 0 Å². The highest BCUT2D eigenvalue weighted by molar-refractivity contribution is 6.05. The third-order valence-corrected chi connectivity index (χ3v) is 4.41. The zero-order chi connectivity index (χ0) is 21.3. The molecule has 0 aliphatic carbocycles. The van der Waals surface area contributed by atoms with Crippen molar-refractivity contribution in [1.82, 2.24) is 4.90 Å². The lowest BCUT2D eigenvalue weighted by molar-refractivity contribution is -0.122. The molecule has 1 fully saturated rings. The summed E-state index contributed by atoms with van der Waals surface area (Å²) >= 11 is 0. The molecule has 0 spiro atoms. The van der Waals surface area contributed by atoms with Gasteiger partial charge in [0.1, 0.15) is 5.76 Å². The lowest BCUT2D eigenvalue weighted by Crippen LogP contribution is -2.25. The molecule has 1 saturated heterocycles. The van der Waals surface area contributed by atoms with Crippen LogP contribution in [0.25, 0.3) is 0 Å². The molecule has 150 valence electrons. The monoisotopic (exact) mass is 382 g/mol. The fourth-order valence-corrected chi connectivity index (χ4v) is 2.66. The number of methoxy groups -OCH3 is 2. The summed E-state index contributed by atoms with van der Waals surface area (Å²) in [5.41, 5.74) is 3.91. The molecule has 0 bridgehead atoms. The van der Waals surface area contributed by atoms with Gasteiger partial charge in [-0.05, 0) is 49.6 Å². The van der Waals surface area contributed by atoms with E-state index in [0.29, 0.717) is 23.6 Å². The van der Waals surface area contributed by atoms with Crippen molar-refractivity contribution in [2.75, 3.05) is 27.8 Å². The minimum absolute atomic E-state index is 0.0844. The number of aliphatic imine (C=N–C) groups is 1. The van der Waals surface area contributed by atoms with Crippen LogP contribution in [0, 0.1) is 0 Å². The molecule has 5 heteroatoms. The fraction of sp³-hybridized carbons (Fsp3) is 0.304. The van der Waals surface area contributed by atoms with Gasteiger partial charge in [-0.25, -0.2) is 0 Å². The van der Waals surface area contributed by atoms with Crippen molar-refractivity contribution in [1.29, 1.82) is 0 Å². The Bertz CT molecular complexity index is 821. The van der Waals surface area contributed by atoms with Gasteiger partial charge in [-0.3, -0.25) is 9.79 Å². The van der Waals surface area contributed by atoms with Gasteiger partial charge in [-0.2, -0.15) is 0 Å². The van der Waals surface area contributed by atoms with Crippen molar-refractivity contribution in [3.05, 3.63) is 83.0 Å². The number of amides is 1. The maximum atomic E-state index is 12.8. The number of hydrogen-bond donors (Lipinski definition) is 0. The van der Waals surface area contributed by atoms with Gasteiger partial charge in [0.2, 0.25) is 0 Å². The first-order chi connectivity index (χ1) is 13.3. The summed E-state index contributed by atoms with van der Waals surface area (Å²) in [6.45, 7) is 14.0. The molecule has 0 unspecified atom stereocenters. The first-order valence-electron chi connectivity index (χ1n) is 8.94. The molecular weight excluding hydrogens is 352 g/mol. The highest BCUT2D eigenvalue weighted by Crippen LogP contribution is 2.26. The molecule has 0 atom stereocenters. The second-order valence-corrected chi connectivity index (χ2v) is 6.16. The molecule has 0 saturated carbocycles. The number of carbonyl (C=O) groups excluding carboxylic acids is 1. The van der Waals surface area contributed by atoms with E-state index in [9.17, 15) is 4.79 Å². The molecular formula is C23H30N2O3. The molecule has 0 N–H and O–H groups in total. The number of likely N-dealkylation sites (tertiary alicyclic amines) is 1. The zero-order valence-corrected chi connectivity index (χ0v) is 17.7. The van der Waals surface area contributed by atoms with Crippen LogP contribution in [-0.4, -0.2) is 44.8 Å². The minimum Gasteiger partial charge on any atom is -0.498 e. The first kappa shape index (κ1) is 23.0. The summed E-state index contributed by atoms with van der Waals surface area (Å²) in [6, 6.07) is 0. The van der Waals surface area contributed by atoms with Gasteiger partial charge in [0.15, 0.2) is 5.76 Å². The highest BCUT2D eigenvalue weighted by Gasteiger charge is 2.30. The Balaban J connectivity index is 3.22. The number of allylic oxidation sites excluding steroid dienone is 9. The predicted octanol–water partition coefficient (Wildman–Crippen LogP) is 4.50. The van der Waals surface area contributed by atoms with E-state index in [4.69, 9.17) is 9.47 Å². The van der Waals surface area contributed by atoms with Crippen LogP contribution in [0.15, 0.2) is 88.0 Å². The molecule has 1 aliphatic heterocycles. The maximum Gasteiger partial charge on any atom is 0.258 e. The predicted molar refractivity (Wildman–Crippen MR) is 116 cm³/mol. The van der Waals surface area contributed by atoms with Gasteiger partial charge in [0, 0.05) is 18.8 Å². The Morgan fingerprint density at radius 2 is 1.93 bits per heavy atom. The third kappa shape index (κ3) is 5.46. The van der Waals surface area contributed by atoms with Crippen LogP contribution in [0.2, 0.25) is 0 Å². The summed E-state index contributed by atoms with van der Waals surface area (Å²) in [7, 11) is 4.86. The molecule has 28 heavy (non-hydrogen) atoms. The van der Waals surface area contributed by atoms with Crippen LogP contribution < -0.4 is 0 Å². The summed E-state index contributed by atoms with van der Waals surface area (Å²) in [6.07, 6.45) is 10.8. The van der Waals surface area contributed by atoms with Gasteiger partial charge in [0.25, 0.3) is 5.91 Å². The van der Waals surface area contributed by atoms with Crippen molar-refractivity contribution < 1.29 is 14.3 Å². The number of carbonyl (C=O) groups is 1. The number of hydrogen-bond acceptors (Lipinski definition) is 4. The van der Waals surface area contributed by atoms with Crippen LogP contribution >= 0.6 is 0 Å². The second-order valence-electron chi connectivity index (χ2n) is 6.16. The standard InChI is InChI=1S/C23H30N2O3/c1-9-19(13-22(28-8)18(5)27-7)16(3)11-12-21-17(4)15-25(23(21)26)20(10-2)14-24-6/h9-14H,1,4,15H2,2-3,5-8H3/b16-11+,19-13+,20-10+,21-12+,22-18-,24-14?. The maximum absolute atomic E-state index is 12.8. The van der Waals surface area contributed by atoms with E-state index in [1.54, 1.807) is 44.5 Å². The summed E-state index contributed by atoms with van der Waals surface area (Å²) in [4.78, 5) is 18.5. The number of rotatable bonds is 8. The summed E-state index contributed by atoms with van der Waals surface area (Å²) < 4.78 is 10.6. The van der Waals surface area contributed by atoms with Crippen molar-refractivity contribution >= 4 is 12.1 Å². The van der Waals surface area contributed by atoms with E-state index in [-0.39, 0.29) is 5.91 Å². The molecule has 1 heterocycles. The molecule has 1 amide bonds.